The van der Waals surface area contributed by atoms with Crippen LogP contribution in [-0.4, -0.2) is 58.0 Å². The maximum Gasteiger partial charge on any atom is 0.257 e. The third-order valence-corrected chi connectivity index (χ3v) is 6.26. The number of nitrogens with zero attached hydrogens (tertiary/aromatic N) is 4. The molecule has 0 aliphatic carbocycles. The van der Waals surface area contributed by atoms with Crippen molar-refractivity contribution in [3.63, 3.8) is 0 Å². The highest BCUT2D eigenvalue weighted by Crippen LogP contribution is 2.24. The predicted octanol–water partition coefficient (Wildman–Crippen LogP) is 4.49. The molecule has 2 aromatic carbocycles. The van der Waals surface area contributed by atoms with Crippen LogP contribution in [0.5, 0.6) is 0 Å². The van der Waals surface area contributed by atoms with Gasteiger partial charge in [-0.05, 0) is 43.3 Å². The molecule has 0 bridgehead atoms. The molecule has 4 rings (SSSR count). The minimum Gasteiger partial charge on any atom is -0.327 e. The van der Waals surface area contributed by atoms with Crippen molar-refractivity contribution in [2.45, 2.75) is 33.4 Å². The van der Waals surface area contributed by atoms with Gasteiger partial charge < -0.3 is 14.8 Å². The third-order valence-electron chi connectivity index (χ3n) is 5.93. The first kappa shape index (κ1) is 21.8. The highest BCUT2D eigenvalue weighted by Gasteiger charge is 2.19. The third kappa shape index (κ3) is 4.92. The first-order chi connectivity index (χ1) is 15.1. The van der Waals surface area contributed by atoms with E-state index in [1.54, 1.807) is 12.1 Å². The molecule has 0 radical (unpaired) electrons. The molecule has 164 valence electrons. The van der Waals surface area contributed by atoms with Gasteiger partial charge in [-0.25, -0.2) is 4.98 Å². The van der Waals surface area contributed by atoms with Crippen molar-refractivity contribution in [3.8, 4) is 0 Å². The number of halogens is 1. The van der Waals surface area contributed by atoms with Gasteiger partial charge in [0, 0.05) is 38.4 Å². The van der Waals surface area contributed by atoms with Crippen molar-refractivity contribution in [2.75, 3.05) is 38.0 Å². The largest absolute Gasteiger partial charge is 0.327 e. The fourth-order valence-corrected chi connectivity index (χ4v) is 4.38. The lowest BCUT2D eigenvalue weighted by molar-refractivity contribution is 0.102. The number of aromatic nitrogens is 2. The second kappa shape index (κ2) is 9.81. The van der Waals surface area contributed by atoms with Crippen LogP contribution in [0.15, 0.2) is 42.5 Å². The number of carbonyl (C=O) groups is 1. The summed E-state index contributed by atoms with van der Waals surface area (Å²) in [5, 5.41) is 3.40. The average Bonchev–Trinajstić information content (AvgIpc) is 3.11. The Morgan fingerprint density at radius 2 is 1.81 bits per heavy atom. The van der Waals surface area contributed by atoms with Gasteiger partial charge in [-0.15, -0.1) is 0 Å². The van der Waals surface area contributed by atoms with E-state index in [4.69, 9.17) is 16.6 Å². The molecule has 0 unspecified atom stereocenters. The lowest BCUT2D eigenvalue weighted by Gasteiger charge is -2.33. The highest BCUT2D eigenvalue weighted by atomic mass is 35.5. The van der Waals surface area contributed by atoms with E-state index in [-0.39, 0.29) is 5.91 Å². The first-order valence-corrected chi connectivity index (χ1v) is 11.5. The van der Waals surface area contributed by atoms with Crippen molar-refractivity contribution < 1.29 is 4.79 Å². The standard InChI is InChI=1S/C24H30ClN5O/c1-3-11-30-22-10-9-18(26-24(31)19-7-5-6-8-20(19)25)16-21(22)27-23(30)17-29-14-12-28(4-2)13-15-29/h5-10,16H,3-4,11-15,17H2,1-2H3,(H,26,31). The minimum atomic E-state index is -0.216. The molecule has 1 amide bonds. The van der Waals surface area contributed by atoms with E-state index in [1.807, 2.05) is 24.3 Å². The van der Waals surface area contributed by atoms with E-state index in [9.17, 15) is 4.79 Å². The number of likely N-dealkylation sites (N-methyl/N-ethyl adjacent to an activating group) is 1. The molecular weight excluding hydrogens is 410 g/mol. The number of hydrogen-bond acceptors (Lipinski definition) is 4. The average molecular weight is 440 g/mol. The summed E-state index contributed by atoms with van der Waals surface area (Å²) in [7, 11) is 0. The number of imidazole rings is 1. The van der Waals surface area contributed by atoms with E-state index in [1.165, 1.54) is 0 Å². The molecule has 1 N–H and O–H groups in total. The smallest absolute Gasteiger partial charge is 0.257 e. The van der Waals surface area contributed by atoms with Crippen LogP contribution in [0, 0.1) is 0 Å². The van der Waals surface area contributed by atoms with Gasteiger partial charge in [-0.1, -0.05) is 37.6 Å². The van der Waals surface area contributed by atoms with Crippen molar-refractivity contribution in [1.82, 2.24) is 19.4 Å². The van der Waals surface area contributed by atoms with Crippen LogP contribution in [0.25, 0.3) is 11.0 Å². The summed E-state index contributed by atoms with van der Waals surface area (Å²) in [4.78, 5) is 22.6. The molecule has 2 heterocycles. The number of rotatable bonds is 7. The molecule has 0 atom stereocenters. The summed E-state index contributed by atoms with van der Waals surface area (Å²) >= 11 is 6.17. The highest BCUT2D eigenvalue weighted by molar-refractivity contribution is 6.34. The van der Waals surface area contributed by atoms with E-state index in [0.717, 1.165) is 74.8 Å². The molecule has 6 nitrogen and oxygen atoms in total. The minimum absolute atomic E-state index is 0.216. The summed E-state index contributed by atoms with van der Waals surface area (Å²) in [6.07, 6.45) is 1.05. The predicted molar refractivity (Wildman–Crippen MR) is 127 cm³/mol. The first-order valence-electron chi connectivity index (χ1n) is 11.1. The van der Waals surface area contributed by atoms with Crippen LogP contribution in [0.1, 0.15) is 36.5 Å². The lowest BCUT2D eigenvalue weighted by atomic mass is 10.2. The molecule has 31 heavy (non-hydrogen) atoms. The summed E-state index contributed by atoms with van der Waals surface area (Å²) < 4.78 is 2.32. The number of fused-ring (bicyclic) bond motifs is 1. The molecule has 0 spiro atoms. The monoisotopic (exact) mass is 439 g/mol. The molecular formula is C24H30ClN5O. The zero-order valence-corrected chi connectivity index (χ0v) is 19.0. The number of nitrogens with one attached hydrogen (secondary N) is 1. The Kier molecular flexibility index (Phi) is 6.90. The molecule has 1 aliphatic rings. The number of aryl methyl sites for hydroxylation is 1. The molecule has 1 aliphatic heterocycles. The van der Waals surface area contributed by atoms with Gasteiger partial charge >= 0.3 is 0 Å². The Bertz CT molecular complexity index is 1060. The van der Waals surface area contributed by atoms with E-state index < -0.39 is 0 Å². The second-order valence-electron chi connectivity index (χ2n) is 8.03. The Labute approximate surface area is 188 Å². The fourth-order valence-electron chi connectivity index (χ4n) is 4.16. The molecule has 1 saturated heterocycles. The van der Waals surface area contributed by atoms with Crippen LogP contribution in [-0.2, 0) is 13.1 Å². The number of anilines is 1. The zero-order valence-electron chi connectivity index (χ0n) is 18.3. The van der Waals surface area contributed by atoms with Crippen molar-refractivity contribution in [1.29, 1.82) is 0 Å². The maximum absolute atomic E-state index is 12.6. The van der Waals surface area contributed by atoms with Gasteiger partial charge in [0.25, 0.3) is 5.91 Å². The summed E-state index contributed by atoms with van der Waals surface area (Å²) in [5.74, 6) is 0.878. The van der Waals surface area contributed by atoms with Gasteiger partial charge in [-0.3, -0.25) is 9.69 Å². The molecule has 3 aromatic rings. The van der Waals surface area contributed by atoms with Gasteiger partial charge in [0.2, 0.25) is 0 Å². The fraction of sp³-hybridized carbons (Fsp3) is 0.417. The molecule has 7 heteroatoms. The summed E-state index contributed by atoms with van der Waals surface area (Å²) in [5.41, 5.74) is 3.21. The molecule has 1 aromatic heterocycles. The van der Waals surface area contributed by atoms with Crippen LogP contribution >= 0.6 is 11.6 Å². The van der Waals surface area contributed by atoms with E-state index in [0.29, 0.717) is 10.6 Å². The Morgan fingerprint density at radius 1 is 1.06 bits per heavy atom. The van der Waals surface area contributed by atoms with Crippen molar-refractivity contribution in [3.05, 3.63) is 58.9 Å². The Balaban J connectivity index is 1.55. The van der Waals surface area contributed by atoms with Gasteiger partial charge in [0.15, 0.2) is 0 Å². The number of benzene rings is 2. The van der Waals surface area contributed by atoms with Gasteiger partial charge in [-0.2, -0.15) is 0 Å². The molecule has 1 fully saturated rings. The Morgan fingerprint density at radius 3 is 2.52 bits per heavy atom. The van der Waals surface area contributed by atoms with Gasteiger partial charge in [0.1, 0.15) is 5.82 Å². The van der Waals surface area contributed by atoms with Crippen LogP contribution < -0.4 is 5.32 Å². The molecule has 0 saturated carbocycles. The topological polar surface area (TPSA) is 53.4 Å². The van der Waals surface area contributed by atoms with Crippen molar-refractivity contribution in [2.24, 2.45) is 0 Å². The van der Waals surface area contributed by atoms with Crippen molar-refractivity contribution >= 4 is 34.2 Å². The lowest BCUT2D eigenvalue weighted by Crippen LogP contribution is -2.45. The SMILES string of the molecule is CCCn1c(CN2CCN(CC)CC2)nc2cc(NC(=O)c3ccccc3Cl)ccc21. The summed E-state index contributed by atoms with van der Waals surface area (Å²) in [6.45, 7) is 11.7. The maximum atomic E-state index is 12.6. The zero-order chi connectivity index (χ0) is 21.8. The van der Waals surface area contributed by atoms with Crippen LogP contribution in [0.3, 0.4) is 0 Å². The van der Waals surface area contributed by atoms with Gasteiger partial charge in [0.05, 0.1) is 28.2 Å². The number of carbonyl (C=O) groups excluding carboxylic acids is 1. The van der Waals surface area contributed by atoms with Crippen LogP contribution in [0.4, 0.5) is 5.69 Å². The normalized spacial score (nSPS) is 15.5. The second-order valence-corrected chi connectivity index (χ2v) is 8.43. The Hall–Kier alpha value is -2.41. The van der Waals surface area contributed by atoms with E-state index >= 15 is 0 Å². The summed E-state index contributed by atoms with van der Waals surface area (Å²) in [6, 6.07) is 13.0. The number of piperazine rings is 1. The quantitative estimate of drug-likeness (QED) is 0.589. The number of hydrogen-bond donors (Lipinski definition) is 1. The number of amides is 1. The van der Waals surface area contributed by atoms with E-state index in [2.05, 4.69) is 39.6 Å². The van der Waals surface area contributed by atoms with Crippen LogP contribution in [0.2, 0.25) is 5.02 Å².